The van der Waals surface area contributed by atoms with E-state index in [0.29, 0.717) is 25.5 Å². The average molecular weight is 467 g/mol. The molecule has 0 saturated heterocycles. The topological polar surface area (TPSA) is 60.9 Å². The van der Waals surface area contributed by atoms with Crippen molar-refractivity contribution < 1.29 is 19.0 Å². The lowest BCUT2D eigenvalue weighted by atomic mass is 9.87. The molecule has 1 amide bonds. The molecule has 0 aliphatic carbocycles. The number of methoxy groups -OCH3 is 1. The van der Waals surface area contributed by atoms with Gasteiger partial charge in [-0.2, -0.15) is 0 Å². The van der Waals surface area contributed by atoms with Gasteiger partial charge in [-0.05, 0) is 41.3 Å². The van der Waals surface area contributed by atoms with Gasteiger partial charge in [0.05, 0.1) is 29.5 Å². The molecule has 1 aliphatic heterocycles. The van der Waals surface area contributed by atoms with Gasteiger partial charge in [0.15, 0.2) is 6.61 Å². The number of fused-ring (bicyclic) bond motifs is 1. The van der Waals surface area contributed by atoms with Crippen molar-refractivity contribution in [2.45, 2.75) is 32.6 Å². The van der Waals surface area contributed by atoms with Crippen LogP contribution in [-0.2, 0) is 21.4 Å². The molecule has 3 aromatic rings. The van der Waals surface area contributed by atoms with Crippen LogP contribution in [0.4, 0.5) is 5.69 Å². The Kier molecular flexibility index (Phi) is 7.00. The first kappa shape index (κ1) is 23.3. The molecule has 33 heavy (non-hydrogen) atoms. The number of aromatic nitrogens is 1. The number of anilines is 1. The van der Waals surface area contributed by atoms with Crippen LogP contribution in [0.2, 0.25) is 0 Å². The number of ether oxygens (including phenoxy) is 3. The Balaban J connectivity index is 1.46. The Morgan fingerprint density at radius 3 is 2.64 bits per heavy atom. The van der Waals surface area contributed by atoms with Crippen molar-refractivity contribution in [3.05, 3.63) is 58.4 Å². The minimum atomic E-state index is -0.0783. The first-order chi connectivity index (χ1) is 15.8. The van der Waals surface area contributed by atoms with E-state index in [1.807, 2.05) is 35.7 Å². The van der Waals surface area contributed by atoms with Gasteiger partial charge in [0.2, 0.25) is 0 Å². The van der Waals surface area contributed by atoms with E-state index in [9.17, 15) is 4.79 Å². The monoisotopic (exact) mass is 466 g/mol. The summed E-state index contributed by atoms with van der Waals surface area (Å²) in [5.41, 5.74) is 3.95. The van der Waals surface area contributed by atoms with Crippen LogP contribution in [0.1, 0.15) is 31.3 Å². The number of thiazole rings is 1. The molecule has 0 radical (unpaired) electrons. The van der Waals surface area contributed by atoms with E-state index < -0.39 is 0 Å². The summed E-state index contributed by atoms with van der Waals surface area (Å²) >= 11 is 1.61. The molecule has 0 atom stereocenters. The molecule has 4 rings (SSSR count). The fourth-order valence-corrected chi connectivity index (χ4v) is 4.45. The molecule has 1 aromatic heterocycles. The van der Waals surface area contributed by atoms with Crippen LogP contribution in [0, 0.1) is 0 Å². The third-order valence-corrected chi connectivity index (χ3v) is 6.48. The van der Waals surface area contributed by atoms with Crippen LogP contribution in [0.3, 0.4) is 0 Å². The lowest BCUT2D eigenvalue weighted by Gasteiger charge is -2.29. The van der Waals surface area contributed by atoms with Crippen LogP contribution in [0.25, 0.3) is 11.3 Å². The highest BCUT2D eigenvalue weighted by Crippen LogP contribution is 2.36. The Bertz CT molecular complexity index is 1100. The molecular formula is C26H30N2O4S. The predicted octanol–water partition coefficient (Wildman–Crippen LogP) is 5.10. The number of hydrogen-bond donors (Lipinski definition) is 0. The van der Waals surface area contributed by atoms with E-state index in [-0.39, 0.29) is 17.9 Å². The van der Waals surface area contributed by atoms with Crippen molar-refractivity contribution in [2.24, 2.45) is 0 Å². The minimum absolute atomic E-state index is 0.0322. The number of benzene rings is 2. The van der Waals surface area contributed by atoms with Gasteiger partial charge >= 0.3 is 0 Å². The zero-order chi connectivity index (χ0) is 23.4. The smallest absolute Gasteiger partial charge is 0.265 e. The van der Waals surface area contributed by atoms with Gasteiger partial charge in [-0.25, -0.2) is 4.98 Å². The molecule has 174 valence electrons. The normalized spacial score (nSPS) is 13.6. The van der Waals surface area contributed by atoms with Crippen molar-refractivity contribution in [1.82, 2.24) is 4.98 Å². The van der Waals surface area contributed by atoms with Crippen molar-refractivity contribution in [1.29, 1.82) is 0 Å². The van der Waals surface area contributed by atoms with Gasteiger partial charge in [-0.1, -0.05) is 32.9 Å². The number of rotatable bonds is 8. The Labute approximate surface area is 199 Å². The zero-order valence-corrected chi connectivity index (χ0v) is 20.4. The van der Waals surface area contributed by atoms with Crippen LogP contribution >= 0.6 is 11.3 Å². The Morgan fingerprint density at radius 2 is 1.91 bits per heavy atom. The quantitative estimate of drug-likeness (QED) is 0.462. The van der Waals surface area contributed by atoms with Gasteiger partial charge in [-0.3, -0.25) is 4.79 Å². The van der Waals surface area contributed by atoms with E-state index in [1.54, 1.807) is 23.3 Å². The Hall–Kier alpha value is -2.90. The van der Waals surface area contributed by atoms with Crippen molar-refractivity contribution in [2.75, 3.05) is 38.4 Å². The molecule has 7 heteroatoms. The molecule has 0 N–H and O–H groups in total. The maximum absolute atomic E-state index is 12.6. The molecule has 0 fully saturated rings. The standard InChI is InChI=1S/C26H30N2O4S/c1-26(2,3)19-6-8-20(9-7-19)31-14-12-28-22-15-18(5-10-23(22)32-16-25(28)29)21-17-33-24(27-21)11-13-30-4/h5-10,15,17H,11-14,16H2,1-4H3. The van der Waals surface area contributed by atoms with E-state index in [4.69, 9.17) is 19.2 Å². The van der Waals surface area contributed by atoms with Gasteiger partial charge in [0.1, 0.15) is 18.1 Å². The Morgan fingerprint density at radius 1 is 1.12 bits per heavy atom. The average Bonchev–Trinajstić information content (AvgIpc) is 3.27. The fourth-order valence-electron chi connectivity index (χ4n) is 3.66. The van der Waals surface area contributed by atoms with E-state index >= 15 is 0 Å². The number of hydrogen-bond acceptors (Lipinski definition) is 6. The molecule has 6 nitrogen and oxygen atoms in total. The summed E-state index contributed by atoms with van der Waals surface area (Å²) in [6.45, 7) is 8.06. The van der Waals surface area contributed by atoms with Gasteiger partial charge in [0.25, 0.3) is 5.91 Å². The molecule has 2 aromatic carbocycles. The van der Waals surface area contributed by atoms with E-state index in [2.05, 4.69) is 32.9 Å². The lowest BCUT2D eigenvalue weighted by Crippen LogP contribution is -2.41. The summed E-state index contributed by atoms with van der Waals surface area (Å²) in [7, 11) is 1.69. The van der Waals surface area contributed by atoms with Gasteiger partial charge in [0, 0.05) is 24.5 Å². The van der Waals surface area contributed by atoms with Gasteiger partial charge in [-0.15, -0.1) is 11.3 Å². The molecule has 0 unspecified atom stereocenters. The number of carbonyl (C=O) groups is 1. The molecule has 1 aliphatic rings. The molecular weight excluding hydrogens is 436 g/mol. The van der Waals surface area contributed by atoms with Crippen molar-refractivity contribution >= 4 is 22.9 Å². The van der Waals surface area contributed by atoms with Crippen LogP contribution in [0.15, 0.2) is 47.8 Å². The summed E-state index contributed by atoms with van der Waals surface area (Å²) in [6, 6.07) is 14.0. The maximum Gasteiger partial charge on any atom is 0.265 e. The molecule has 0 saturated carbocycles. The van der Waals surface area contributed by atoms with Gasteiger partial charge < -0.3 is 19.1 Å². The van der Waals surface area contributed by atoms with Crippen molar-refractivity contribution in [3.8, 4) is 22.8 Å². The van der Waals surface area contributed by atoms with E-state index in [0.717, 1.165) is 34.1 Å². The lowest BCUT2D eigenvalue weighted by molar-refractivity contribution is -0.121. The second-order valence-electron chi connectivity index (χ2n) is 9.01. The highest BCUT2D eigenvalue weighted by atomic mass is 32.1. The second kappa shape index (κ2) is 9.93. The van der Waals surface area contributed by atoms with Crippen molar-refractivity contribution in [3.63, 3.8) is 0 Å². The molecule has 2 heterocycles. The fraction of sp³-hybridized carbons (Fsp3) is 0.385. The summed E-state index contributed by atoms with van der Waals surface area (Å²) in [4.78, 5) is 19.1. The van der Waals surface area contributed by atoms with Crippen LogP contribution in [-0.4, -0.2) is 44.4 Å². The third-order valence-electron chi connectivity index (χ3n) is 5.57. The molecule has 0 spiro atoms. The first-order valence-corrected chi connectivity index (χ1v) is 12.0. The van der Waals surface area contributed by atoms with Crippen LogP contribution in [0.5, 0.6) is 11.5 Å². The number of carbonyl (C=O) groups excluding carboxylic acids is 1. The third kappa shape index (κ3) is 5.54. The highest BCUT2D eigenvalue weighted by Gasteiger charge is 2.26. The second-order valence-corrected chi connectivity index (χ2v) is 9.95. The highest BCUT2D eigenvalue weighted by molar-refractivity contribution is 7.09. The summed E-state index contributed by atoms with van der Waals surface area (Å²) in [5, 5.41) is 3.06. The SMILES string of the molecule is COCCc1nc(-c2ccc3c(c2)N(CCOc2ccc(C(C)(C)C)cc2)C(=O)CO3)cs1. The largest absolute Gasteiger partial charge is 0.492 e. The summed E-state index contributed by atoms with van der Waals surface area (Å²) in [5.74, 6) is 1.41. The molecule has 0 bridgehead atoms. The summed E-state index contributed by atoms with van der Waals surface area (Å²) < 4.78 is 16.7. The zero-order valence-electron chi connectivity index (χ0n) is 19.6. The predicted molar refractivity (Wildman–Crippen MR) is 132 cm³/mol. The number of nitrogens with zero attached hydrogens (tertiary/aromatic N) is 2. The summed E-state index contributed by atoms with van der Waals surface area (Å²) in [6.07, 6.45) is 0.786. The van der Waals surface area contributed by atoms with E-state index in [1.165, 1.54) is 5.56 Å². The first-order valence-electron chi connectivity index (χ1n) is 11.1. The maximum atomic E-state index is 12.6. The minimum Gasteiger partial charge on any atom is -0.492 e. The number of amides is 1. The van der Waals surface area contributed by atoms with Crippen LogP contribution < -0.4 is 14.4 Å².